The number of rotatable bonds is 5. The second-order valence-corrected chi connectivity index (χ2v) is 3.92. The molecule has 1 unspecified atom stereocenters. The van der Waals surface area contributed by atoms with Crippen LogP contribution in [0.4, 0.5) is 0 Å². The zero-order valence-corrected chi connectivity index (χ0v) is 10.1. The maximum absolute atomic E-state index is 11.8. The molecule has 1 amide bonds. The number of pyridine rings is 1. The summed E-state index contributed by atoms with van der Waals surface area (Å²) in [5.41, 5.74) is 0.397. The van der Waals surface area contributed by atoms with Crippen molar-refractivity contribution in [2.75, 3.05) is 13.7 Å². The lowest BCUT2D eigenvalue weighted by molar-refractivity contribution is 0.0929. The van der Waals surface area contributed by atoms with Crippen LogP contribution in [0.15, 0.2) is 18.5 Å². The van der Waals surface area contributed by atoms with Gasteiger partial charge in [0.1, 0.15) is 0 Å². The first kappa shape index (κ1) is 12.9. The number of methoxy groups -OCH3 is 1. The Labute approximate surface area is 100.0 Å². The molecule has 1 rings (SSSR count). The molecule has 0 aliphatic carbocycles. The smallest absolute Gasteiger partial charge is 0.254 e. The topological polar surface area (TPSA) is 51.2 Å². The molecule has 5 heteroatoms. The first-order valence-corrected chi connectivity index (χ1v) is 5.42. The van der Waals surface area contributed by atoms with Crippen molar-refractivity contribution in [2.24, 2.45) is 0 Å². The van der Waals surface area contributed by atoms with Crippen LogP contribution < -0.4 is 5.32 Å². The molecule has 4 nitrogen and oxygen atoms in total. The summed E-state index contributed by atoms with van der Waals surface area (Å²) in [6, 6.07) is 1.64. The van der Waals surface area contributed by atoms with Crippen LogP contribution in [0.5, 0.6) is 0 Å². The summed E-state index contributed by atoms with van der Waals surface area (Å²) in [4.78, 5) is 15.6. The van der Waals surface area contributed by atoms with Gasteiger partial charge < -0.3 is 10.1 Å². The lowest BCUT2D eigenvalue weighted by Crippen LogP contribution is -2.33. The molecule has 1 N–H and O–H groups in total. The number of hydrogen-bond acceptors (Lipinski definition) is 3. The van der Waals surface area contributed by atoms with E-state index in [-0.39, 0.29) is 11.9 Å². The van der Waals surface area contributed by atoms with E-state index in [2.05, 4.69) is 10.3 Å². The predicted molar refractivity (Wildman–Crippen MR) is 62.7 cm³/mol. The van der Waals surface area contributed by atoms with Crippen LogP contribution >= 0.6 is 11.6 Å². The minimum absolute atomic E-state index is 0.0451. The first-order valence-electron chi connectivity index (χ1n) is 5.04. The highest BCUT2D eigenvalue weighted by Crippen LogP contribution is 2.13. The van der Waals surface area contributed by atoms with Crippen LogP contribution in [-0.4, -0.2) is 30.6 Å². The number of nitrogens with zero attached hydrogens (tertiary/aromatic N) is 1. The first-order chi connectivity index (χ1) is 7.65. The number of ether oxygens (including phenoxy) is 1. The Morgan fingerprint density at radius 3 is 3.06 bits per heavy atom. The predicted octanol–water partition coefficient (Wildman–Crippen LogP) is 1.89. The van der Waals surface area contributed by atoms with E-state index in [4.69, 9.17) is 16.3 Å². The van der Waals surface area contributed by atoms with Gasteiger partial charge in [-0.2, -0.15) is 0 Å². The molecule has 0 fully saturated rings. The Kier molecular flexibility index (Phi) is 5.22. The molecule has 1 aromatic heterocycles. The molecule has 0 saturated carbocycles. The molecule has 0 aliphatic heterocycles. The summed E-state index contributed by atoms with van der Waals surface area (Å²) in [5, 5.41) is 3.24. The van der Waals surface area contributed by atoms with E-state index in [0.717, 1.165) is 6.42 Å². The average molecular weight is 243 g/mol. The molecule has 88 valence electrons. The Hall–Kier alpha value is -1.13. The monoisotopic (exact) mass is 242 g/mol. The van der Waals surface area contributed by atoms with E-state index in [0.29, 0.717) is 17.2 Å². The van der Waals surface area contributed by atoms with Crippen LogP contribution in [0.3, 0.4) is 0 Å². The summed E-state index contributed by atoms with van der Waals surface area (Å²) >= 11 is 5.88. The fraction of sp³-hybridized carbons (Fsp3) is 0.455. The van der Waals surface area contributed by atoms with Gasteiger partial charge in [0.15, 0.2) is 0 Å². The third-order valence-corrected chi connectivity index (χ3v) is 2.47. The van der Waals surface area contributed by atoms with E-state index >= 15 is 0 Å². The molecular formula is C11H15ClN2O2. The summed E-state index contributed by atoms with van der Waals surface area (Å²) in [6.07, 6.45) is 3.77. The van der Waals surface area contributed by atoms with Crippen LogP contribution in [0, 0.1) is 0 Å². The SMILES string of the molecule is COCCC(C)NC(=O)c1cnccc1Cl. The molecule has 0 aromatic carbocycles. The van der Waals surface area contributed by atoms with Crippen molar-refractivity contribution in [3.05, 3.63) is 29.0 Å². The standard InChI is InChI=1S/C11H15ClN2O2/c1-8(4-6-16-2)14-11(15)9-7-13-5-3-10(9)12/h3,5,7-8H,4,6H2,1-2H3,(H,14,15). The van der Waals surface area contributed by atoms with Crippen molar-refractivity contribution in [2.45, 2.75) is 19.4 Å². The minimum atomic E-state index is -0.207. The van der Waals surface area contributed by atoms with Gasteiger partial charge in [-0.25, -0.2) is 0 Å². The third kappa shape index (κ3) is 3.79. The lowest BCUT2D eigenvalue weighted by Gasteiger charge is -2.13. The number of nitrogens with one attached hydrogen (secondary N) is 1. The van der Waals surface area contributed by atoms with Gasteiger partial charge in [-0.15, -0.1) is 0 Å². The molecule has 0 aliphatic rings. The zero-order chi connectivity index (χ0) is 12.0. The van der Waals surface area contributed by atoms with Crippen molar-refractivity contribution in [1.82, 2.24) is 10.3 Å². The van der Waals surface area contributed by atoms with Gasteiger partial charge in [0, 0.05) is 32.2 Å². The lowest BCUT2D eigenvalue weighted by atomic mass is 10.2. The fourth-order valence-corrected chi connectivity index (χ4v) is 1.40. The van der Waals surface area contributed by atoms with Crippen LogP contribution in [0.25, 0.3) is 0 Å². The quantitative estimate of drug-likeness (QED) is 0.858. The van der Waals surface area contributed by atoms with Crippen molar-refractivity contribution >= 4 is 17.5 Å². The molecule has 1 heterocycles. The van der Waals surface area contributed by atoms with E-state index in [9.17, 15) is 4.79 Å². The highest BCUT2D eigenvalue weighted by Gasteiger charge is 2.12. The van der Waals surface area contributed by atoms with Gasteiger partial charge in [-0.05, 0) is 19.4 Å². The molecule has 0 radical (unpaired) electrons. The Balaban J connectivity index is 2.56. The molecule has 0 spiro atoms. The van der Waals surface area contributed by atoms with Gasteiger partial charge in [-0.1, -0.05) is 11.6 Å². The van der Waals surface area contributed by atoms with Gasteiger partial charge in [0.2, 0.25) is 0 Å². The summed E-state index contributed by atoms with van der Waals surface area (Å²) in [6.45, 7) is 2.53. The second kappa shape index (κ2) is 6.45. The number of aromatic nitrogens is 1. The molecular weight excluding hydrogens is 228 g/mol. The number of hydrogen-bond donors (Lipinski definition) is 1. The summed E-state index contributed by atoms with van der Waals surface area (Å²) in [7, 11) is 1.63. The normalized spacial score (nSPS) is 12.2. The second-order valence-electron chi connectivity index (χ2n) is 3.51. The summed E-state index contributed by atoms with van der Waals surface area (Å²) in [5.74, 6) is -0.207. The third-order valence-electron chi connectivity index (χ3n) is 2.14. The van der Waals surface area contributed by atoms with Crippen LogP contribution in [-0.2, 0) is 4.74 Å². The maximum atomic E-state index is 11.8. The van der Waals surface area contributed by atoms with Gasteiger partial charge in [-0.3, -0.25) is 9.78 Å². The van der Waals surface area contributed by atoms with Crippen molar-refractivity contribution in [1.29, 1.82) is 0 Å². The highest BCUT2D eigenvalue weighted by atomic mass is 35.5. The van der Waals surface area contributed by atoms with Crippen LogP contribution in [0.2, 0.25) is 5.02 Å². The molecule has 0 saturated heterocycles. The fourth-order valence-electron chi connectivity index (χ4n) is 1.21. The minimum Gasteiger partial charge on any atom is -0.385 e. The zero-order valence-electron chi connectivity index (χ0n) is 9.37. The Morgan fingerprint density at radius 1 is 1.69 bits per heavy atom. The van der Waals surface area contributed by atoms with Crippen molar-refractivity contribution < 1.29 is 9.53 Å². The molecule has 1 atom stereocenters. The highest BCUT2D eigenvalue weighted by molar-refractivity contribution is 6.33. The summed E-state index contributed by atoms with van der Waals surface area (Å²) < 4.78 is 4.93. The molecule has 1 aromatic rings. The molecule has 0 bridgehead atoms. The molecule has 16 heavy (non-hydrogen) atoms. The van der Waals surface area contributed by atoms with Crippen LogP contribution in [0.1, 0.15) is 23.7 Å². The van der Waals surface area contributed by atoms with E-state index in [1.165, 1.54) is 6.20 Å². The number of halogens is 1. The Morgan fingerprint density at radius 2 is 2.44 bits per heavy atom. The number of amides is 1. The number of carbonyl (C=O) groups is 1. The van der Waals surface area contributed by atoms with Gasteiger partial charge in [0.25, 0.3) is 5.91 Å². The largest absolute Gasteiger partial charge is 0.385 e. The Bertz CT molecular complexity index is 358. The maximum Gasteiger partial charge on any atom is 0.254 e. The average Bonchev–Trinajstić information content (AvgIpc) is 2.26. The van der Waals surface area contributed by atoms with Gasteiger partial charge in [0.05, 0.1) is 10.6 Å². The van der Waals surface area contributed by atoms with E-state index in [1.807, 2.05) is 6.92 Å². The van der Waals surface area contributed by atoms with E-state index in [1.54, 1.807) is 19.4 Å². The van der Waals surface area contributed by atoms with Crippen molar-refractivity contribution in [3.63, 3.8) is 0 Å². The van der Waals surface area contributed by atoms with Crippen molar-refractivity contribution in [3.8, 4) is 0 Å². The van der Waals surface area contributed by atoms with E-state index < -0.39 is 0 Å². The van der Waals surface area contributed by atoms with Gasteiger partial charge >= 0.3 is 0 Å². The number of carbonyl (C=O) groups excluding carboxylic acids is 1.